The van der Waals surface area contributed by atoms with Gasteiger partial charge in [0.15, 0.2) is 0 Å². The Morgan fingerprint density at radius 1 is 0.864 bits per heavy atom. The van der Waals surface area contributed by atoms with Gasteiger partial charge >= 0.3 is 0 Å². The van der Waals surface area contributed by atoms with Gasteiger partial charge in [0.05, 0.1) is 0 Å². The number of hydrogen-bond donors (Lipinski definition) is 1. The van der Waals surface area contributed by atoms with Crippen LogP contribution in [0.5, 0.6) is 11.5 Å². The third-order valence-corrected chi connectivity index (χ3v) is 3.50. The van der Waals surface area contributed by atoms with Crippen LogP contribution in [0.2, 0.25) is 0 Å². The summed E-state index contributed by atoms with van der Waals surface area (Å²) < 4.78 is 5.98. The third-order valence-electron chi connectivity index (χ3n) is 3.50. The molecule has 2 heteroatoms. The maximum Gasteiger partial charge on any atom is 0.127 e. The van der Waals surface area contributed by atoms with E-state index in [0.717, 1.165) is 28.0 Å². The quantitative estimate of drug-likeness (QED) is 0.737. The Morgan fingerprint density at radius 3 is 2.36 bits per heavy atom. The van der Waals surface area contributed by atoms with Crippen molar-refractivity contribution in [3.05, 3.63) is 83.9 Å². The van der Waals surface area contributed by atoms with Gasteiger partial charge in [-0.1, -0.05) is 54.6 Å². The lowest BCUT2D eigenvalue weighted by atomic mass is 10.0. The molecule has 0 aliphatic carbocycles. The molecule has 2 nitrogen and oxygen atoms in total. The molecule has 0 bridgehead atoms. The summed E-state index contributed by atoms with van der Waals surface area (Å²) >= 11 is 0. The van der Waals surface area contributed by atoms with Crippen molar-refractivity contribution in [1.29, 1.82) is 0 Å². The maximum absolute atomic E-state index is 9.81. The minimum atomic E-state index is 0.271. The van der Waals surface area contributed by atoms with Crippen LogP contribution in [-0.2, 0) is 6.61 Å². The molecule has 0 aromatic heterocycles. The lowest BCUT2D eigenvalue weighted by molar-refractivity contribution is 0.307. The lowest BCUT2D eigenvalue weighted by Gasteiger charge is -2.12. The van der Waals surface area contributed by atoms with Crippen LogP contribution in [0.4, 0.5) is 0 Å². The fourth-order valence-electron chi connectivity index (χ4n) is 2.48. The van der Waals surface area contributed by atoms with Crippen molar-refractivity contribution in [2.45, 2.75) is 13.5 Å². The molecule has 0 amide bonds. The molecule has 3 aromatic rings. The van der Waals surface area contributed by atoms with Crippen LogP contribution in [0.15, 0.2) is 72.8 Å². The number of aryl methyl sites for hydroxylation is 1. The molecule has 0 radical (unpaired) electrons. The second-order valence-corrected chi connectivity index (χ2v) is 5.33. The predicted molar refractivity (Wildman–Crippen MR) is 89.1 cm³/mol. The van der Waals surface area contributed by atoms with E-state index in [1.54, 1.807) is 12.1 Å². The first kappa shape index (κ1) is 14.2. The molecular formula is C20H18O2. The Bertz CT molecular complexity index is 743. The van der Waals surface area contributed by atoms with Crippen molar-refractivity contribution in [1.82, 2.24) is 0 Å². The van der Waals surface area contributed by atoms with Gasteiger partial charge in [0.1, 0.15) is 18.1 Å². The Morgan fingerprint density at radius 2 is 1.59 bits per heavy atom. The van der Waals surface area contributed by atoms with Gasteiger partial charge in [0.25, 0.3) is 0 Å². The predicted octanol–water partition coefficient (Wildman–Crippen LogP) is 4.95. The number of phenolic OH excluding ortho intramolecular Hbond substituents is 1. The van der Waals surface area contributed by atoms with Crippen LogP contribution in [-0.4, -0.2) is 5.11 Å². The summed E-state index contributed by atoms with van der Waals surface area (Å²) in [4.78, 5) is 0. The third kappa shape index (κ3) is 3.29. The second kappa shape index (κ2) is 6.35. The van der Waals surface area contributed by atoms with Crippen molar-refractivity contribution >= 4 is 0 Å². The van der Waals surface area contributed by atoms with Crippen LogP contribution in [0, 0.1) is 6.92 Å². The number of aromatic hydroxyl groups is 1. The topological polar surface area (TPSA) is 29.5 Å². The number of ether oxygens (including phenoxy) is 1. The second-order valence-electron chi connectivity index (χ2n) is 5.33. The Balaban J connectivity index is 1.89. The summed E-state index contributed by atoms with van der Waals surface area (Å²) in [5, 5.41) is 9.81. The van der Waals surface area contributed by atoms with Crippen molar-refractivity contribution in [2.75, 3.05) is 0 Å². The fraction of sp³-hybridized carbons (Fsp3) is 0.100. The van der Waals surface area contributed by atoms with Gasteiger partial charge in [-0.3, -0.25) is 0 Å². The molecule has 0 heterocycles. The molecule has 0 aliphatic rings. The van der Waals surface area contributed by atoms with E-state index in [4.69, 9.17) is 4.74 Å². The van der Waals surface area contributed by atoms with Gasteiger partial charge in [0.2, 0.25) is 0 Å². The molecule has 0 fully saturated rings. The van der Waals surface area contributed by atoms with Crippen molar-refractivity contribution < 1.29 is 9.84 Å². The van der Waals surface area contributed by atoms with E-state index in [0.29, 0.717) is 6.61 Å². The molecule has 0 unspecified atom stereocenters. The Hall–Kier alpha value is -2.74. The van der Waals surface area contributed by atoms with Gasteiger partial charge in [0, 0.05) is 5.56 Å². The first-order valence-corrected chi connectivity index (χ1v) is 7.29. The number of benzene rings is 3. The van der Waals surface area contributed by atoms with Gasteiger partial charge in [-0.15, -0.1) is 0 Å². The first-order valence-electron chi connectivity index (χ1n) is 7.29. The fourth-order valence-corrected chi connectivity index (χ4v) is 2.48. The zero-order valence-electron chi connectivity index (χ0n) is 12.5. The molecule has 0 saturated heterocycles. The minimum absolute atomic E-state index is 0.271. The molecule has 110 valence electrons. The van der Waals surface area contributed by atoms with Gasteiger partial charge in [-0.25, -0.2) is 0 Å². The van der Waals surface area contributed by atoms with E-state index in [9.17, 15) is 5.11 Å². The van der Waals surface area contributed by atoms with Crippen LogP contribution >= 0.6 is 0 Å². The molecule has 3 aromatic carbocycles. The van der Waals surface area contributed by atoms with E-state index in [1.807, 2.05) is 67.6 Å². The summed E-state index contributed by atoms with van der Waals surface area (Å²) in [6, 6.07) is 23.5. The van der Waals surface area contributed by atoms with Gasteiger partial charge in [-0.2, -0.15) is 0 Å². The summed E-state index contributed by atoms with van der Waals surface area (Å²) in [6.45, 7) is 2.49. The standard InChI is InChI=1S/C20H18O2/c1-15-11-17(13-18(21)12-15)19-9-5-6-10-20(19)22-14-16-7-3-2-4-8-16/h2-13,21H,14H2,1H3. The highest BCUT2D eigenvalue weighted by atomic mass is 16.5. The highest BCUT2D eigenvalue weighted by Crippen LogP contribution is 2.33. The normalized spacial score (nSPS) is 10.4. The van der Waals surface area contributed by atoms with Crippen LogP contribution in [0.3, 0.4) is 0 Å². The highest BCUT2D eigenvalue weighted by molar-refractivity contribution is 5.72. The molecule has 0 aliphatic heterocycles. The number of rotatable bonds is 4. The zero-order chi connectivity index (χ0) is 15.4. The molecule has 22 heavy (non-hydrogen) atoms. The van der Waals surface area contributed by atoms with Crippen LogP contribution in [0.1, 0.15) is 11.1 Å². The van der Waals surface area contributed by atoms with E-state index in [-0.39, 0.29) is 5.75 Å². The monoisotopic (exact) mass is 290 g/mol. The van der Waals surface area contributed by atoms with Crippen molar-refractivity contribution in [2.24, 2.45) is 0 Å². The van der Waals surface area contributed by atoms with Gasteiger partial charge in [-0.05, 0) is 41.8 Å². The van der Waals surface area contributed by atoms with E-state index in [1.165, 1.54) is 0 Å². The molecule has 1 N–H and O–H groups in total. The first-order chi connectivity index (χ1) is 10.7. The van der Waals surface area contributed by atoms with E-state index in [2.05, 4.69) is 0 Å². The number of phenols is 1. The van der Waals surface area contributed by atoms with Crippen molar-refractivity contribution in [3.8, 4) is 22.6 Å². The molecular weight excluding hydrogens is 272 g/mol. The van der Waals surface area contributed by atoms with Crippen LogP contribution in [0.25, 0.3) is 11.1 Å². The van der Waals surface area contributed by atoms with E-state index < -0.39 is 0 Å². The average Bonchev–Trinajstić information content (AvgIpc) is 2.53. The average molecular weight is 290 g/mol. The molecule has 0 saturated carbocycles. The molecule has 3 rings (SSSR count). The Kier molecular flexibility index (Phi) is 4.10. The maximum atomic E-state index is 9.81. The smallest absolute Gasteiger partial charge is 0.127 e. The number of hydrogen-bond acceptors (Lipinski definition) is 2. The summed E-state index contributed by atoms with van der Waals surface area (Å²) in [7, 11) is 0. The number of para-hydroxylation sites is 1. The minimum Gasteiger partial charge on any atom is -0.508 e. The summed E-state index contributed by atoms with van der Waals surface area (Å²) in [5.41, 5.74) is 4.09. The molecule has 0 atom stereocenters. The van der Waals surface area contributed by atoms with E-state index >= 15 is 0 Å². The van der Waals surface area contributed by atoms with Gasteiger partial charge < -0.3 is 9.84 Å². The molecule has 0 spiro atoms. The van der Waals surface area contributed by atoms with Crippen LogP contribution < -0.4 is 4.74 Å². The highest BCUT2D eigenvalue weighted by Gasteiger charge is 2.07. The zero-order valence-corrected chi connectivity index (χ0v) is 12.5. The Labute approximate surface area is 130 Å². The largest absolute Gasteiger partial charge is 0.508 e. The van der Waals surface area contributed by atoms with Crippen molar-refractivity contribution in [3.63, 3.8) is 0 Å². The SMILES string of the molecule is Cc1cc(O)cc(-c2ccccc2OCc2ccccc2)c1. The lowest BCUT2D eigenvalue weighted by Crippen LogP contribution is -1.96. The summed E-state index contributed by atoms with van der Waals surface area (Å²) in [6.07, 6.45) is 0. The summed E-state index contributed by atoms with van der Waals surface area (Å²) in [5.74, 6) is 1.09.